The van der Waals surface area contributed by atoms with Crippen molar-refractivity contribution < 1.29 is 9.53 Å². The number of hydrogen-bond acceptors (Lipinski definition) is 3. The third kappa shape index (κ3) is 3.90. The molecule has 2 N–H and O–H groups in total. The van der Waals surface area contributed by atoms with Gasteiger partial charge in [-0.3, -0.25) is 4.79 Å². The highest BCUT2D eigenvalue weighted by Crippen LogP contribution is 2.29. The van der Waals surface area contributed by atoms with Gasteiger partial charge in [0, 0.05) is 39.6 Å². The van der Waals surface area contributed by atoms with Crippen LogP contribution in [0.15, 0.2) is 60.8 Å². The van der Waals surface area contributed by atoms with E-state index in [1.165, 1.54) is 10.8 Å². The van der Waals surface area contributed by atoms with Crippen molar-refractivity contribution in [1.29, 1.82) is 0 Å². The first-order valence-corrected chi connectivity index (χ1v) is 9.88. The average molecular weight is 471 g/mol. The van der Waals surface area contributed by atoms with Crippen LogP contribution in [0.2, 0.25) is 0 Å². The van der Waals surface area contributed by atoms with Gasteiger partial charge >= 0.3 is 0 Å². The molecule has 1 atom stereocenters. The van der Waals surface area contributed by atoms with Crippen molar-refractivity contribution in [3.63, 3.8) is 0 Å². The minimum Gasteiger partial charge on any atom is -0.468 e. The van der Waals surface area contributed by atoms with Crippen LogP contribution in [0.25, 0.3) is 32.9 Å². The zero-order valence-electron chi connectivity index (χ0n) is 14.7. The number of ether oxygens (including phenoxy) is 1. The van der Waals surface area contributed by atoms with Gasteiger partial charge in [0.25, 0.3) is 5.91 Å². The van der Waals surface area contributed by atoms with Gasteiger partial charge in [-0.25, -0.2) is 4.98 Å². The molecular weight excluding hydrogens is 453 g/mol. The molecule has 136 valence electrons. The van der Waals surface area contributed by atoms with Crippen molar-refractivity contribution in [2.45, 2.75) is 11.0 Å². The van der Waals surface area contributed by atoms with E-state index in [0.717, 1.165) is 22.2 Å². The molecule has 2 heterocycles. The van der Waals surface area contributed by atoms with E-state index in [-0.39, 0.29) is 16.6 Å². The SMILES string of the molecule is CC(I)NC(=O)COc1ccc(-c2ccc3c(c2)[nH]c2ccccc23)cn1. The summed E-state index contributed by atoms with van der Waals surface area (Å²) in [6, 6.07) is 18.4. The summed E-state index contributed by atoms with van der Waals surface area (Å²) in [7, 11) is 0. The molecule has 2 aromatic heterocycles. The lowest BCUT2D eigenvalue weighted by molar-refractivity contribution is -0.123. The molecule has 4 aromatic rings. The van der Waals surface area contributed by atoms with Crippen LogP contribution in [0.3, 0.4) is 0 Å². The van der Waals surface area contributed by atoms with Crippen LogP contribution < -0.4 is 10.1 Å². The molecule has 0 aliphatic heterocycles. The van der Waals surface area contributed by atoms with Gasteiger partial charge in [0.05, 0.1) is 4.05 Å². The van der Waals surface area contributed by atoms with E-state index in [9.17, 15) is 4.79 Å². The van der Waals surface area contributed by atoms with Crippen LogP contribution in [0.5, 0.6) is 5.88 Å². The summed E-state index contributed by atoms with van der Waals surface area (Å²) in [5, 5.41) is 5.20. The van der Waals surface area contributed by atoms with Gasteiger partial charge in [0.1, 0.15) is 0 Å². The average Bonchev–Trinajstić information content (AvgIpc) is 3.04. The first-order valence-electron chi connectivity index (χ1n) is 8.63. The highest BCUT2D eigenvalue weighted by atomic mass is 127. The highest BCUT2D eigenvalue weighted by molar-refractivity contribution is 14.1. The van der Waals surface area contributed by atoms with Gasteiger partial charge in [-0.1, -0.05) is 52.9 Å². The standard InChI is InChI=1S/C21H18IN3O2/c1-13(22)24-20(26)12-27-21-9-7-15(11-23-21)14-6-8-17-16-4-2-3-5-18(16)25-19(17)10-14/h2-11,13,25H,12H2,1H3,(H,24,26). The summed E-state index contributed by atoms with van der Waals surface area (Å²) < 4.78 is 5.50. The zero-order chi connectivity index (χ0) is 18.8. The number of nitrogens with zero attached hydrogens (tertiary/aromatic N) is 1. The van der Waals surface area contributed by atoms with E-state index in [2.05, 4.69) is 68.2 Å². The van der Waals surface area contributed by atoms with E-state index >= 15 is 0 Å². The summed E-state index contributed by atoms with van der Waals surface area (Å²) >= 11 is 2.13. The molecule has 0 bridgehead atoms. The lowest BCUT2D eigenvalue weighted by Crippen LogP contribution is -2.32. The Hall–Kier alpha value is -2.61. The molecule has 0 saturated heterocycles. The number of benzene rings is 2. The normalized spacial score (nSPS) is 12.2. The van der Waals surface area contributed by atoms with Crippen LogP contribution >= 0.6 is 22.6 Å². The Kier molecular flexibility index (Phi) is 4.98. The smallest absolute Gasteiger partial charge is 0.258 e. The summed E-state index contributed by atoms with van der Waals surface area (Å²) in [5.74, 6) is 0.272. The van der Waals surface area contributed by atoms with Gasteiger partial charge in [-0.2, -0.15) is 0 Å². The minimum atomic E-state index is -0.160. The monoisotopic (exact) mass is 471 g/mol. The summed E-state index contributed by atoms with van der Waals surface area (Å²) in [5.41, 5.74) is 4.29. The zero-order valence-corrected chi connectivity index (χ0v) is 16.9. The molecule has 5 nitrogen and oxygen atoms in total. The third-order valence-corrected chi connectivity index (χ3v) is 4.60. The summed E-state index contributed by atoms with van der Waals surface area (Å²) in [4.78, 5) is 19.4. The fourth-order valence-electron chi connectivity index (χ4n) is 3.07. The number of hydrogen-bond donors (Lipinski definition) is 2. The largest absolute Gasteiger partial charge is 0.468 e. The highest BCUT2D eigenvalue weighted by Gasteiger charge is 2.08. The topological polar surface area (TPSA) is 67.0 Å². The Labute approximate surface area is 170 Å². The second-order valence-corrected chi connectivity index (χ2v) is 8.16. The van der Waals surface area contributed by atoms with Crippen molar-refractivity contribution >= 4 is 50.3 Å². The Morgan fingerprint density at radius 1 is 1.11 bits per heavy atom. The van der Waals surface area contributed by atoms with E-state index in [0.29, 0.717) is 5.88 Å². The number of carbonyl (C=O) groups excluding carboxylic acids is 1. The number of aromatic amines is 1. The second kappa shape index (κ2) is 7.56. The Morgan fingerprint density at radius 2 is 1.89 bits per heavy atom. The van der Waals surface area contributed by atoms with Crippen molar-refractivity contribution in [3.8, 4) is 17.0 Å². The molecule has 6 heteroatoms. The van der Waals surface area contributed by atoms with Crippen LogP contribution in [-0.4, -0.2) is 26.5 Å². The van der Waals surface area contributed by atoms with Gasteiger partial charge in [0.15, 0.2) is 6.61 Å². The number of amides is 1. The third-order valence-electron chi connectivity index (χ3n) is 4.29. The molecule has 2 aromatic carbocycles. The molecule has 0 saturated carbocycles. The number of alkyl halides is 1. The summed E-state index contributed by atoms with van der Waals surface area (Å²) in [6.45, 7) is 1.86. The van der Waals surface area contributed by atoms with E-state index in [1.54, 1.807) is 12.3 Å². The maximum Gasteiger partial charge on any atom is 0.258 e. The molecule has 0 aliphatic carbocycles. The lowest BCUT2D eigenvalue weighted by Gasteiger charge is -2.08. The van der Waals surface area contributed by atoms with Gasteiger partial charge in [0.2, 0.25) is 5.88 Å². The first-order chi connectivity index (χ1) is 13.1. The van der Waals surface area contributed by atoms with E-state index < -0.39 is 0 Å². The van der Waals surface area contributed by atoms with Crippen molar-refractivity contribution in [2.75, 3.05) is 6.61 Å². The number of para-hydroxylation sites is 1. The number of halogens is 1. The molecule has 1 unspecified atom stereocenters. The fourth-order valence-corrected chi connectivity index (χ4v) is 3.42. The number of nitrogens with one attached hydrogen (secondary N) is 2. The summed E-state index contributed by atoms with van der Waals surface area (Å²) in [6.07, 6.45) is 1.76. The van der Waals surface area contributed by atoms with Crippen molar-refractivity contribution in [2.24, 2.45) is 0 Å². The Balaban J connectivity index is 1.53. The Morgan fingerprint density at radius 3 is 2.67 bits per heavy atom. The first kappa shape index (κ1) is 17.8. The van der Waals surface area contributed by atoms with Crippen LogP contribution in [0.4, 0.5) is 0 Å². The van der Waals surface area contributed by atoms with E-state index in [1.807, 2.05) is 25.1 Å². The number of fused-ring (bicyclic) bond motifs is 3. The predicted octanol–water partition coefficient (Wildman–Crippen LogP) is 4.66. The van der Waals surface area contributed by atoms with Gasteiger partial charge < -0.3 is 15.0 Å². The van der Waals surface area contributed by atoms with Crippen molar-refractivity contribution in [1.82, 2.24) is 15.3 Å². The second-order valence-electron chi connectivity index (χ2n) is 6.29. The quantitative estimate of drug-likeness (QED) is 0.253. The maximum absolute atomic E-state index is 11.6. The number of pyridine rings is 1. The van der Waals surface area contributed by atoms with Crippen LogP contribution in [0.1, 0.15) is 6.92 Å². The molecule has 0 radical (unpaired) electrons. The molecule has 1 amide bonds. The lowest BCUT2D eigenvalue weighted by atomic mass is 10.1. The number of H-pyrrole nitrogens is 1. The Bertz CT molecular complexity index is 1100. The molecule has 0 fully saturated rings. The maximum atomic E-state index is 11.6. The van der Waals surface area contributed by atoms with Crippen LogP contribution in [0, 0.1) is 0 Å². The van der Waals surface area contributed by atoms with E-state index in [4.69, 9.17) is 4.74 Å². The minimum absolute atomic E-state index is 0.0410. The van der Waals surface area contributed by atoms with Crippen LogP contribution in [-0.2, 0) is 4.79 Å². The predicted molar refractivity (Wildman–Crippen MR) is 116 cm³/mol. The molecule has 4 rings (SSSR count). The fraction of sp³-hybridized carbons (Fsp3) is 0.143. The van der Waals surface area contributed by atoms with Gasteiger partial charge in [-0.15, -0.1) is 0 Å². The number of rotatable bonds is 5. The molecule has 0 aliphatic rings. The van der Waals surface area contributed by atoms with Crippen molar-refractivity contribution in [3.05, 3.63) is 60.8 Å². The number of carbonyl (C=O) groups is 1. The molecule has 27 heavy (non-hydrogen) atoms. The molecular formula is C21H18IN3O2. The molecule has 0 spiro atoms. The number of aromatic nitrogens is 2. The van der Waals surface area contributed by atoms with Gasteiger partial charge in [-0.05, 0) is 30.7 Å².